The summed E-state index contributed by atoms with van der Waals surface area (Å²) in [5.41, 5.74) is 6.35. The second-order valence-corrected chi connectivity index (χ2v) is 10.7. The summed E-state index contributed by atoms with van der Waals surface area (Å²) in [6.07, 6.45) is 6.20. The molecule has 2 aliphatic heterocycles. The number of benzene rings is 1. The van der Waals surface area contributed by atoms with Crippen LogP contribution in [0, 0.1) is 11.8 Å². The molecule has 2 N–H and O–H groups in total. The molecule has 37 heavy (non-hydrogen) atoms. The molecule has 2 saturated heterocycles. The van der Waals surface area contributed by atoms with E-state index >= 15 is 0 Å². The predicted octanol–water partition coefficient (Wildman–Crippen LogP) is 4.07. The number of ether oxygens (including phenoxy) is 2. The number of hydrogen-bond acceptors (Lipinski definition) is 7. The predicted molar refractivity (Wildman–Crippen MR) is 140 cm³/mol. The van der Waals surface area contributed by atoms with Gasteiger partial charge in [0.2, 0.25) is 5.91 Å². The lowest BCUT2D eigenvalue weighted by Crippen LogP contribution is -2.42. The van der Waals surface area contributed by atoms with E-state index in [1.54, 1.807) is 28.9 Å². The lowest BCUT2D eigenvalue weighted by molar-refractivity contribution is -0.127. The lowest BCUT2D eigenvalue weighted by Gasteiger charge is -2.33. The molecule has 9 heteroatoms. The Balaban J connectivity index is 1.53. The second-order valence-electron chi connectivity index (χ2n) is 10.7. The van der Waals surface area contributed by atoms with Gasteiger partial charge in [0, 0.05) is 43.3 Å². The van der Waals surface area contributed by atoms with E-state index in [9.17, 15) is 19.2 Å². The monoisotopic (exact) mass is 513 g/mol. The van der Waals surface area contributed by atoms with Crippen molar-refractivity contribution in [2.24, 2.45) is 11.8 Å². The highest BCUT2D eigenvalue weighted by molar-refractivity contribution is 6.02. The van der Waals surface area contributed by atoms with Crippen LogP contribution in [-0.4, -0.2) is 71.9 Å². The summed E-state index contributed by atoms with van der Waals surface area (Å²) < 4.78 is 10.4. The highest BCUT2D eigenvalue weighted by Gasteiger charge is 2.30. The summed E-state index contributed by atoms with van der Waals surface area (Å²) in [4.78, 5) is 53.7. The van der Waals surface area contributed by atoms with E-state index in [4.69, 9.17) is 15.2 Å². The number of anilines is 1. The Morgan fingerprint density at radius 3 is 2.38 bits per heavy atom. The zero-order valence-corrected chi connectivity index (χ0v) is 22.3. The third-order valence-electron chi connectivity index (χ3n) is 6.64. The molecular formula is C28H39N3O6. The van der Waals surface area contributed by atoms with Crippen molar-refractivity contribution in [2.75, 3.05) is 38.5 Å². The maximum atomic E-state index is 13.1. The van der Waals surface area contributed by atoms with Crippen LogP contribution >= 0.6 is 0 Å². The Labute approximate surface area is 218 Å². The van der Waals surface area contributed by atoms with E-state index in [1.165, 1.54) is 12.1 Å². The van der Waals surface area contributed by atoms with Crippen LogP contribution in [0.5, 0.6) is 0 Å². The van der Waals surface area contributed by atoms with Crippen molar-refractivity contribution in [3.63, 3.8) is 0 Å². The smallest absolute Gasteiger partial charge is 0.410 e. The molecule has 0 radical (unpaired) electrons. The fraction of sp³-hybridized carbons (Fsp3) is 0.571. The summed E-state index contributed by atoms with van der Waals surface area (Å²) in [5.74, 6) is -0.820. The number of nitrogens with two attached hydrogens (primary N) is 1. The fourth-order valence-corrected chi connectivity index (χ4v) is 4.66. The van der Waals surface area contributed by atoms with Crippen molar-refractivity contribution in [1.29, 1.82) is 0 Å². The van der Waals surface area contributed by atoms with Crippen molar-refractivity contribution in [2.45, 2.75) is 59.0 Å². The van der Waals surface area contributed by atoms with Crippen LogP contribution in [0.25, 0.3) is 0 Å². The molecule has 2 amide bonds. The van der Waals surface area contributed by atoms with Crippen molar-refractivity contribution in [1.82, 2.24) is 9.80 Å². The molecule has 3 rings (SSSR count). The van der Waals surface area contributed by atoms with Gasteiger partial charge in [-0.3, -0.25) is 9.59 Å². The summed E-state index contributed by atoms with van der Waals surface area (Å²) in [5, 5.41) is 0. The molecule has 0 bridgehead atoms. The van der Waals surface area contributed by atoms with Gasteiger partial charge >= 0.3 is 12.1 Å². The number of Topliss-reactive ketones (excluding diaryl/α,β-unsaturated/α-hetero) is 1. The molecule has 0 saturated carbocycles. The number of ketones is 1. The number of piperidine rings is 2. The number of allylic oxidation sites excluding steroid dienone is 1. The Kier molecular flexibility index (Phi) is 9.34. The standard InChI is InChI=1S/C28H39N3O6/c1-5-36-26(34)22-10-9-20(17-23(22)29)25(33)21-7-6-14-31(18-21)24(32)11-8-19-12-15-30(16-13-19)27(35)37-28(2,3)4/h8-11,17,19,21H,5-7,12-16,18,29H2,1-4H3/b11-8+/t21-/m1/s1. The van der Waals surface area contributed by atoms with Crippen molar-refractivity contribution in [3.05, 3.63) is 41.5 Å². The quantitative estimate of drug-likeness (QED) is 0.264. The van der Waals surface area contributed by atoms with Crippen LogP contribution in [0.2, 0.25) is 0 Å². The fourth-order valence-electron chi connectivity index (χ4n) is 4.66. The van der Waals surface area contributed by atoms with Crippen molar-refractivity contribution >= 4 is 29.4 Å². The minimum absolute atomic E-state index is 0.0851. The molecule has 1 atom stereocenters. The number of esters is 1. The van der Waals surface area contributed by atoms with E-state index < -0.39 is 11.6 Å². The van der Waals surface area contributed by atoms with E-state index in [2.05, 4.69) is 0 Å². The van der Waals surface area contributed by atoms with E-state index in [0.717, 1.165) is 19.3 Å². The van der Waals surface area contributed by atoms with E-state index in [-0.39, 0.29) is 47.5 Å². The zero-order valence-electron chi connectivity index (χ0n) is 22.3. The largest absolute Gasteiger partial charge is 0.462 e. The highest BCUT2D eigenvalue weighted by atomic mass is 16.6. The summed E-state index contributed by atoms with van der Waals surface area (Å²) in [6.45, 7) is 9.64. The van der Waals surface area contributed by atoms with Gasteiger partial charge in [0.15, 0.2) is 5.78 Å². The highest BCUT2D eigenvalue weighted by Crippen LogP contribution is 2.25. The van der Waals surface area contributed by atoms with Crippen LogP contribution in [0.4, 0.5) is 10.5 Å². The van der Waals surface area contributed by atoms with Gasteiger partial charge in [0.1, 0.15) is 5.60 Å². The maximum absolute atomic E-state index is 13.1. The average molecular weight is 514 g/mol. The third kappa shape index (κ3) is 7.81. The van der Waals surface area contributed by atoms with Gasteiger partial charge in [-0.1, -0.05) is 12.1 Å². The number of likely N-dealkylation sites (tertiary alicyclic amines) is 2. The van der Waals surface area contributed by atoms with Gasteiger partial charge in [0.05, 0.1) is 12.2 Å². The number of rotatable bonds is 6. The van der Waals surface area contributed by atoms with Gasteiger partial charge in [-0.05, 0) is 77.5 Å². The number of amides is 2. The summed E-state index contributed by atoms with van der Waals surface area (Å²) >= 11 is 0. The third-order valence-corrected chi connectivity index (χ3v) is 6.64. The normalized spacial score (nSPS) is 19.1. The molecule has 0 aromatic heterocycles. The molecule has 1 aromatic carbocycles. The Morgan fingerprint density at radius 1 is 1.05 bits per heavy atom. The van der Waals surface area contributed by atoms with Gasteiger partial charge in [-0.25, -0.2) is 9.59 Å². The molecule has 2 heterocycles. The average Bonchev–Trinajstić information content (AvgIpc) is 2.86. The number of nitrogens with zero attached hydrogens (tertiary/aromatic N) is 2. The summed E-state index contributed by atoms with van der Waals surface area (Å²) in [6, 6.07) is 4.62. The van der Waals surface area contributed by atoms with Gasteiger partial charge in [-0.15, -0.1) is 0 Å². The molecule has 9 nitrogen and oxygen atoms in total. The molecule has 202 valence electrons. The Morgan fingerprint density at radius 2 is 1.76 bits per heavy atom. The summed E-state index contributed by atoms with van der Waals surface area (Å²) in [7, 11) is 0. The molecule has 1 aromatic rings. The SMILES string of the molecule is CCOC(=O)c1ccc(C(=O)[C@@H]2CCCN(C(=O)/C=C/C3CCN(C(=O)OC(C)(C)C)CC3)C2)cc1N. The molecule has 2 aliphatic rings. The number of carbonyl (C=O) groups excluding carboxylic acids is 4. The van der Waals surface area contributed by atoms with Gasteiger partial charge in [-0.2, -0.15) is 0 Å². The van der Waals surface area contributed by atoms with Gasteiger partial charge < -0.3 is 25.0 Å². The first kappa shape index (κ1) is 28.2. The molecule has 0 spiro atoms. The molecule has 0 unspecified atom stereocenters. The van der Waals surface area contributed by atoms with Crippen LogP contribution in [0.3, 0.4) is 0 Å². The van der Waals surface area contributed by atoms with Crippen LogP contribution in [-0.2, 0) is 14.3 Å². The van der Waals surface area contributed by atoms with Crippen LogP contribution in [0.1, 0.15) is 74.1 Å². The van der Waals surface area contributed by atoms with Crippen molar-refractivity contribution in [3.8, 4) is 0 Å². The van der Waals surface area contributed by atoms with Crippen LogP contribution in [0.15, 0.2) is 30.4 Å². The number of hydrogen-bond donors (Lipinski definition) is 1. The minimum Gasteiger partial charge on any atom is -0.462 e. The molecule has 0 aliphatic carbocycles. The first-order valence-corrected chi connectivity index (χ1v) is 13.0. The Hall–Kier alpha value is -3.36. The maximum Gasteiger partial charge on any atom is 0.410 e. The number of nitrogen functional groups attached to an aromatic ring is 1. The van der Waals surface area contributed by atoms with E-state index in [0.29, 0.717) is 38.2 Å². The zero-order chi connectivity index (χ0) is 27.2. The van der Waals surface area contributed by atoms with Gasteiger partial charge in [0.25, 0.3) is 0 Å². The second kappa shape index (κ2) is 12.3. The Bertz CT molecular complexity index is 1040. The molecular weight excluding hydrogens is 474 g/mol. The van der Waals surface area contributed by atoms with Crippen LogP contribution < -0.4 is 5.73 Å². The van der Waals surface area contributed by atoms with E-state index in [1.807, 2.05) is 26.8 Å². The molecule has 2 fully saturated rings. The lowest BCUT2D eigenvalue weighted by atomic mass is 9.89. The van der Waals surface area contributed by atoms with Crippen molar-refractivity contribution < 1.29 is 28.7 Å². The number of carbonyl (C=O) groups is 4. The topological polar surface area (TPSA) is 119 Å². The first-order chi connectivity index (χ1) is 17.5. The first-order valence-electron chi connectivity index (χ1n) is 13.0. The minimum atomic E-state index is -0.521.